The van der Waals surface area contributed by atoms with E-state index in [2.05, 4.69) is 35.1 Å². The Hall–Kier alpha value is -0.880. The molecule has 0 bridgehead atoms. The van der Waals surface area contributed by atoms with Crippen LogP contribution in [0.5, 0.6) is 0 Å². The van der Waals surface area contributed by atoms with Crippen LogP contribution in [0.3, 0.4) is 0 Å². The number of rotatable bonds is 4. The maximum atomic E-state index is 12.4. The summed E-state index contributed by atoms with van der Waals surface area (Å²) in [6.45, 7) is 6.37. The normalized spacial score (nSPS) is 23.4. The van der Waals surface area contributed by atoms with Gasteiger partial charge >= 0.3 is 0 Å². The molecule has 0 saturated carbocycles. The Kier molecular flexibility index (Phi) is 4.86. The first-order chi connectivity index (χ1) is 9.38. The third-order valence-corrected chi connectivity index (χ3v) is 5.02. The van der Waals surface area contributed by atoms with Gasteiger partial charge in [-0.2, -0.15) is 0 Å². The molecule has 1 aliphatic heterocycles. The van der Waals surface area contributed by atoms with Crippen molar-refractivity contribution in [1.82, 2.24) is 10.2 Å². The first-order valence-corrected chi connectivity index (χ1v) is 8.39. The van der Waals surface area contributed by atoms with Gasteiger partial charge in [-0.05, 0) is 41.3 Å². The van der Waals surface area contributed by atoms with Crippen LogP contribution in [-0.4, -0.2) is 28.8 Å². The Morgan fingerprint density at radius 1 is 1.45 bits per heavy atom. The molecule has 2 heterocycles. The monoisotopic (exact) mass is 358 g/mol. The number of carbonyl (C=O) groups is 2. The number of carbonyl (C=O) groups excluding carboxylic acids is 2. The smallest absolute Gasteiger partial charge is 0.245 e. The Morgan fingerprint density at radius 2 is 2.15 bits per heavy atom. The van der Waals surface area contributed by atoms with Crippen molar-refractivity contribution in [3.8, 4) is 0 Å². The molecule has 1 N–H and O–H groups in total. The van der Waals surface area contributed by atoms with E-state index < -0.39 is 6.04 Å². The standard InChI is InChI=1S/C14H19BrN2O2S/c1-8(2)4-12-13(18)16-9(3)14(19)17(12)6-11-5-10(15)7-20-11/h5,7-9,12H,4,6H2,1-3H3,(H,16,18). The summed E-state index contributed by atoms with van der Waals surface area (Å²) < 4.78 is 1.01. The highest BCUT2D eigenvalue weighted by molar-refractivity contribution is 9.10. The Balaban J connectivity index is 2.22. The van der Waals surface area contributed by atoms with Crippen molar-refractivity contribution < 1.29 is 9.59 Å². The predicted octanol–water partition coefficient (Wildman–Crippen LogP) is 2.77. The topological polar surface area (TPSA) is 49.4 Å². The molecule has 0 radical (unpaired) electrons. The van der Waals surface area contributed by atoms with Gasteiger partial charge in [-0.25, -0.2) is 0 Å². The molecular weight excluding hydrogens is 340 g/mol. The average molecular weight is 359 g/mol. The van der Waals surface area contributed by atoms with Crippen molar-refractivity contribution in [2.45, 2.75) is 45.8 Å². The van der Waals surface area contributed by atoms with Gasteiger partial charge in [-0.1, -0.05) is 13.8 Å². The zero-order valence-corrected chi connectivity index (χ0v) is 14.3. The maximum Gasteiger partial charge on any atom is 0.245 e. The van der Waals surface area contributed by atoms with Crippen molar-refractivity contribution in [1.29, 1.82) is 0 Å². The molecular formula is C14H19BrN2O2S. The van der Waals surface area contributed by atoms with Crippen LogP contribution < -0.4 is 5.32 Å². The molecule has 2 rings (SSSR count). The Morgan fingerprint density at radius 3 is 2.70 bits per heavy atom. The highest BCUT2D eigenvalue weighted by Crippen LogP contribution is 2.25. The fraction of sp³-hybridized carbons (Fsp3) is 0.571. The molecule has 1 fully saturated rings. The Labute approximate surface area is 131 Å². The van der Waals surface area contributed by atoms with Crippen molar-refractivity contribution in [3.63, 3.8) is 0 Å². The van der Waals surface area contributed by atoms with Crippen LogP contribution in [0.1, 0.15) is 32.1 Å². The summed E-state index contributed by atoms with van der Waals surface area (Å²) in [5.74, 6) is 0.325. The second-order valence-electron chi connectivity index (χ2n) is 5.57. The van der Waals surface area contributed by atoms with E-state index in [1.807, 2.05) is 11.4 Å². The number of nitrogens with one attached hydrogen (secondary N) is 1. The molecule has 0 aromatic carbocycles. The van der Waals surface area contributed by atoms with Crippen LogP contribution in [0.25, 0.3) is 0 Å². The first-order valence-electron chi connectivity index (χ1n) is 6.72. The fourth-order valence-electron chi connectivity index (χ4n) is 2.39. The van der Waals surface area contributed by atoms with Crippen molar-refractivity contribution >= 4 is 39.1 Å². The minimum Gasteiger partial charge on any atom is -0.343 e. The van der Waals surface area contributed by atoms with Crippen LogP contribution in [-0.2, 0) is 16.1 Å². The third kappa shape index (κ3) is 3.41. The minimum absolute atomic E-state index is 0.000211. The second-order valence-corrected chi connectivity index (χ2v) is 7.48. The van der Waals surface area contributed by atoms with Gasteiger partial charge in [0.2, 0.25) is 11.8 Å². The number of hydrogen-bond donors (Lipinski definition) is 1. The van der Waals surface area contributed by atoms with Crippen molar-refractivity contribution in [2.24, 2.45) is 5.92 Å². The number of halogens is 1. The van der Waals surface area contributed by atoms with Crippen LogP contribution in [0.2, 0.25) is 0 Å². The molecule has 2 unspecified atom stereocenters. The number of hydrogen-bond acceptors (Lipinski definition) is 3. The molecule has 2 amide bonds. The third-order valence-electron chi connectivity index (χ3n) is 3.33. The van der Waals surface area contributed by atoms with Crippen molar-refractivity contribution in [3.05, 3.63) is 20.8 Å². The summed E-state index contributed by atoms with van der Waals surface area (Å²) in [5.41, 5.74) is 0. The number of thiophene rings is 1. The molecule has 4 nitrogen and oxygen atoms in total. The van der Waals surface area contributed by atoms with Gasteiger partial charge in [-0.15, -0.1) is 11.3 Å². The van der Waals surface area contributed by atoms with Gasteiger partial charge in [0.25, 0.3) is 0 Å². The lowest BCUT2D eigenvalue weighted by atomic mass is 9.98. The molecule has 1 saturated heterocycles. The summed E-state index contributed by atoms with van der Waals surface area (Å²) in [5, 5.41) is 4.76. The first kappa shape index (κ1) is 15.5. The molecule has 2 atom stereocenters. The van der Waals surface area contributed by atoms with Gasteiger partial charge < -0.3 is 10.2 Å². The van der Waals surface area contributed by atoms with E-state index in [-0.39, 0.29) is 17.9 Å². The largest absolute Gasteiger partial charge is 0.343 e. The zero-order valence-electron chi connectivity index (χ0n) is 11.9. The number of nitrogens with zero attached hydrogens (tertiary/aromatic N) is 1. The van der Waals surface area contributed by atoms with Gasteiger partial charge in [-0.3, -0.25) is 9.59 Å². The molecule has 20 heavy (non-hydrogen) atoms. The van der Waals surface area contributed by atoms with Gasteiger partial charge in [0.05, 0.1) is 6.54 Å². The lowest BCUT2D eigenvalue weighted by Crippen LogP contribution is -2.62. The minimum atomic E-state index is -0.436. The van der Waals surface area contributed by atoms with E-state index in [4.69, 9.17) is 0 Å². The maximum absolute atomic E-state index is 12.4. The Bertz CT molecular complexity index is 515. The summed E-state index contributed by atoms with van der Waals surface area (Å²) in [4.78, 5) is 27.4. The van der Waals surface area contributed by atoms with Crippen molar-refractivity contribution in [2.75, 3.05) is 0 Å². The quantitative estimate of drug-likeness (QED) is 0.899. The van der Waals surface area contributed by atoms with Gasteiger partial charge in [0, 0.05) is 14.7 Å². The fourth-order valence-corrected chi connectivity index (χ4v) is 3.84. The molecule has 6 heteroatoms. The van der Waals surface area contributed by atoms with E-state index in [0.717, 1.165) is 9.35 Å². The highest BCUT2D eigenvalue weighted by Gasteiger charge is 2.38. The van der Waals surface area contributed by atoms with E-state index in [0.29, 0.717) is 18.9 Å². The van der Waals surface area contributed by atoms with Crippen LogP contribution in [0.15, 0.2) is 15.9 Å². The summed E-state index contributed by atoms with van der Waals surface area (Å²) in [6, 6.07) is 1.20. The molecule has 0 spiro atoms. The lowest BCUT2D eigenvalue weighted by molar-refractivity contribution is -0.150. The van der Waals surface area contributed by atoms with E-state index in [1.54, 1.807) is 23.2 Å². The molecule has 1 aromatic heterocycles. The SMILES string of the molecule is CC(C)CC1C(=O)NC(C)C(=O)N1Cc1cc(Br)cs1. The van der Waals surface area contributed by atoms with Gasteiger partial charge in [0.15, 0.2) is 0 Å². The van der Waals surface area contributed by atoms with E-state index in [1.165, 1.54) is 0 Å². The average Bonchev–Trinajstić information content (AvgIpc) is 2.76. The number of amides is 2. The number of piperazine rings is 1. The molecule has 1 aliphatic rings. The molecule has 110 valence electrons. The van der Waals surface area contributed by atoms with E-state index in [9.17, 15) is 9.59 Å². The highest BCUT2D eigenvalue weighted by atomic mass is 79.9. The molecule has 0 aliphatic carbocycles. The second kappa shape index (κ2) is 6.26. The van der Waals surface area contributed by atoms with Crippen LogP contribution in [0.4, 0.5) is 0 Å². The molecule has 1 aromatic rings. The van der Waals surface area contributed by atoms with E-state index >= 15 is 0 Å². The van der Waals surface area contributed by atoms with Crippen LogP contribution >= 0.6 is 27.3 Å². The summed E-state index contributed by atoms with van der Waals surface area (Å²) in [6.07, 6.45) is 0.691. The summed E-state index contributed by atoms with van der Waals surface area (Å²) in [7, 11) is 0. The zero-order chi connectivity index (χ0) is 14.9. The lowest BCUT2D eigenvalue weighted by Gasteiger charge is -2.38. The van der Waals surface area contributed by atoms with Crippen LogP contribution in [0, 0.1) is 5.92 Å². The predicted molar refractivity (Wildman–Crippen MR) is 83.4 cm³/mol. The summed E-state index contributed by atoms with van der Waals surface area (Å²) >= 11 is 5.02. The van der Waals surface area contributed by atoms with Gasteiger partial charge in [0.1, 0.15) is 12.1 Å².